The van der Waals surface area contributed by atoms with Gasteiger partial charge < -0.3 is 35.0 Å². The van der Waals surface area contributed by atoms with Crippen LogP contribution in [0.15, 0.2) is 36.0 Å². The summed E-state index contributed by atoms with van der Waals surface area (Å²) in [5, 5.41) is 49.9. The molecule has 12 unspecified atom stereocenters. The van der Waals surface area contributed by atoms with E-state index in [0.29, 0.717) is 18.3 Å². The summed E-state index contributed by atoms with van der Waals surface area (Å²) in [4.78, 5) is 11.7. The smallest absolute Gasteiger partial charge is 0.303 e. The maximum absolute atomic E-state index is 11.7. The van der Waals surface area contributed by atoms with E-state index in [1.807, 2.05) is 0 Å². The van der Waals surface area contributed by atoms with Crippen LogP contribution in [0.5, 0.6) is 0 Å². The molecule has 2 saturated carbocycles. The molecule has 0 radical (unpaired) electrons. The average Bonchev–Trinajstić information content (AvgIpc) is 2.93. The number of carboxylic acids is 1. The largest absolute Gasteiger partial charge is 0.481 e. The molecule has 8 heteroatoms. The van der Waals surface area contributed by atoms with Gasteiger partial charge in [0, 0.05) is 6.42 Å². The van der Waals surface area contributed by atoms with Crippen LogP contribution in [-0.4, -0.2) is 74.9 Å². The number of fused-ring (bicyclic) bond motifs is 1. The van der Waals surface area contributed by atoms with Gasteiger partial charge in [-0.25, -0.2) is 0 Å². The van der Waals surface area contributed by atoms with Gasteiger partial charge in [-0.05, 0) is 105 Å². The summed E-state index contributed by atoms with van der Waals surface area (Å²) < 4.78 is 11.8. The molecule has 0 amide bonds. The number of aliphatic hydroxyl groups is 4. The number of carboxylic acid groups (broad SMARTS) is 1. The molecule has 4 aliphatic rings. The van der Waals surface area contributed by atoms with Crippen molar-refractivity contribution in [3.63, 3.8) is 0 Å². The zero-order chi connectivity index (χ0) is 32.8. The maximum atomic E-state index is 11.7. The third kappa shape index (κ3) is 6.50. The molecule has 1 aliphatic heterocycles. The molecule has 0 spiro atoms. The Morgan fingerprint density at radius 3 is 2.34 bits per heavy atom. The fraction of sp³-hybridized carbons (Fsp3) is 0.806. The Kier molecular flexibility index (Phi) is 10.7. The number of allylic oxidation sites excluding steroid dienone is 4. The van der Waals surface area contributed by atoms with Crippen molar-refractivity contribution >= 4 is 5.97 Å². The summed E-state index contributed by atoms with van der Waals surface area (Å²) in [6.45, 7) is 22.5. The Morgan fingerprint density at radius 1 is 1.05 bits per heavy atom. The van der Waals surface area contributed by atoms with E-state index in [1.54, 1.807) is 0 Å². The van der Waals surface area contributed by atoms with Crippen molar-refractivity contribution in [2.24, 2.45) is 39.9 Å². The van der Waals surface area contributed by atoms with Crippen LogP contribution in [0.4, 0.5) is 0 Å². The Labute approximate surface area is 264 Å². The lowest BCUT2D eigenvalue weighted by atomic mass is 9.46. The SMILES string of the molecule is C=C(C)C1CC=C(C)C(CCC2C(=C)CCC3C(C)(C)C(OCC4OC(O)C(O)C(O)C4O)CCC23C)C1(C)CCC(=O)O. The summed E-state index contributed by atoms with van der Waals surface area (Å²) >= 11 is 0. The first-order valence-electron chi connectivity index (χ1n) is 16.7. The van der Waals surface area contributed by atoms with Crippen LogP contribution >= 0.6 is 0 Å². The number of carbonyl (C=O) groups is 1. The van der Waals surface area contributed by atoms with Gasteiger partial charge >= 0.3 is 5.97 Å². The lowest BCUT2D eigenvalue weighted by Crippen LogP contribution is -2.59. The molecule has 3 aliphatic carbocycles. The zero-order valence-electron chi connectivity index (χ0n) is 27.8. The number of hydrogen-bond acceptors (Lipinski definition) is 7. The van der Waals surface area contributed by atoms with Crippen molar-refractivity contribution in [3.05, 3.63) is 36.0 Å². The molecule has 0 aromatic carbocycles. The lowest BCUT2D eigenvalue weighted by molar-refractivity contribution is -0.293. The van der Waals surface area contributed by atoms with E-state index < -0.39 is 36.7 Å². The Morgan fingerprint density at radius 2 is 1.70 bits per heavy atom. The summed E-state index contributed by atoms with van der Waals surface area (Å²) in [6.07, 6.45) is 2.85. The minimum Gasteiger partial charge on any atom is -0.481 e. The molecular weight excluding hydrogens is 560 g/mol. The highest BCUT2D eigenvalue weighted by Crippen LogP contribution is 2.63. The first-order chi connectivity index (χ1) is 20.4. The van der Waals surface area contributed by atoms with E-state index in [0.717, 1.165) is 50.5 Å². The Balaban J connectivity index is 1.50. The summed E-state index contributed by atoms with van der Waals surface area (Å²) in [5.41, 5.74) is 3.52. The van der Waals surface area contributed by atoms with Gasteiger partial charge in [0.15, 0.2) is 6.29 Å². The van der Waals surface area contributed by atoms with Gasteiger partial charge in [-0.2, -0.15) is 0 Å². The first-order valence-corrected chi connectivity index (χ1v) is 16.7. The quantitative estimate of drug-likeness (QED) is 0.206. The van der Waals surface area contributed by atoms with E-state index >= 15 is 0 Å². The lowest BCUT2D eigenvalue weighted by Gasteiger charge is -2.60. The molecule has 3 fully saturated rings. The molecule has 8 nitrogen and oxygen atoms in total. The van der Waals surface area contributed by atoms with Gasteiger partial charge in [0.1, 0.15) is 24.4 Å². The van der Waals surface area contributed by atoms with Gasteiger partial charge in [0.25, 0.3) is 0 Å². The molecule has 1 saturated heterocycles. The zero-order valence-corrected chi connectivity index (χ0v) is 27.8. The van der Waals surface area contributed by atoms with Gasteiger partial charge in [0.05, 0.1) is 12.7 Å². The third-order valence-corrected chi connectivity index (χ3v) is 12.7. The molecule has 0 aromatic heterocycles. The molecule has 4 rings (SSSR count). The maximum Gasteiger partial charge on any atom is 0.303 e. The standard InChI is InChI=1S/C36H58O8/c1-20(2)23-11-9-21(3)24(35(23,7)18-16-29(37)38)12-13-25-22(4)10-14-27-34(5,6)28(15-17-36(25,27)8)43-19-26-30(39)31(40)32(41)33(42)44-26/h9,23-28,30-33,39-42H,1,4,10-19H2,2-3,5-8H3,(H,37,38). The topological polar surface area (TPSA) is 137 Å². The molecule has 12 atom stereocenters. The van der Waals surface area contributed by atoms with Crippen LogP contribution in [-0.2, 0) is 14.3 Å². The fourth-order valence-electron chi connectivity index (χ4n) is 10.1. The van der Waals surface area contributed by atoms with Gasteiger partial charge in [-0.15, -0.1) is 0 Å². The summed E-state index contributed by atoms with van der Waals surface area (Å²) in [6, 6.07) is 0. The monoisotopic (exact) mass is 618 g/mol. The summed E-state index contributed by atoms with van der Waals surface area (Å²) in [5.74, 6) is 0.525. The van der Waals surface area contributed by atoms with E-state index in [1.165, 1.54) is 11.1 Å². The number of aliphatic hydroxyl groups excluding tert-OH is 4. The highest BCUT2D eigenvalue weighted by atomic mass is 16.6. The second-order valence-electron chi connectivity index (χ2n) is 15.6. The van der Waals surface area contributed by atoms with Crippen molar-refractivity contribution in [3.8, 4) is 0 Å². The molecular formula is C36H58O8. The van der Waals surface area contributed by atoms with Crippen LogP contribution in [0.3, 0.4) is 0 Å². The fourth-order valence-corrected chi connectivity index (χ4v) is 10.1. The second kappa shape index (κ2) is 13.3. The van der Waals surface area contributed by atoms with Gasteiger partial charge in [-0.1, -0.05) is 63.6 Å². The van der Waals surface area contributed by atoms with Crippen molar-refractivity contribution in [2.45, 2.75) is 136 Å². The van der Waals surface area contributed by atoms with Crippen molar-refractivity contribution < 1.29 is 39.8 Å². The predicted molar refractivity (Wildman–Crippen MR) is 169 cm³/mol. The minimum atomic E-state index is -1.57. The summed E-state index contributed by atoms with van der Waals surface area (Å²) in [7, 11) is 0. The van der Waals surface area contributed by atoms with E-state index in [9.17, 15) is 30.3 Å². The van der Waals surface area contributed by atoms with Crippen LogP contribution in [0, 0.1) is 39.9 Å². The minimum absolute atomic E-state index is 0.0157. The molecule has 250 valence electrons. The molecule has 0 aromatic rings. The van der Waals surface area contributed by atoms with Crippen molar-refractivity contribution in [2.75, 3.05) is 6.61 Å². The third-order valence-electron chi connectivity index (χ3n) is 12.7. The van der Waals surface area contributed by atoms with Crippen LogP contribution in [0.25, 0.3) is 0 Å². The van der Waals surface area contributed by atoms with Crippen LogP contribution < -0.4 is 0 Å². The van der Waals surface area contributed by atoms with Crippen LogP contribution in [0.2, 0.25) is 0 Å². The molecule has 0 bridgehead atoms. The van der Waals surface area contributed by atoms with E-state index in [4.69, 9.17) is 9.47 Å². The van der Waals surface area contributed by atoms with Crippen molar-refractivity contribution in [1.82, 2.24) is 0 Å². The number of hydrogen-bond donors (Lipinski definition) is 5. The number of rotatable bonds is 10. The average molecular weight is 619 g/mol. The normalized spacial score (nSPS) is 44.0. The molecule has 44 heavy (non-hydrogen) atoms. The van der Waals surface area contributed by atoms with E-state index in [-0.39, 0.29) is 47.2 Å². The van der Waals surface area contributed by atoms with Gasteiger partial charge in [-0.3, -0.25) is 4.79 Å². The number of aliphatic carboxylic acids is 1. The van der Waals surface area contributed by atoms with Crippen LogP contribution in [0.1, 0.15) is 99.3 Å². The molecule has 5 N–H and O–H groups in total. The van der Waals surface area contributed by atoms with E-state index in [2.05, 4.69) is 60.8 Å². The van der Waals surface area contributed by atoms with Crippen molar-refractivity contribution in [1.29, 1.82) is 0 Å². The predicted octanol–water partition coefficient (Wildman–Crippen LogP) is 5.39. The first kappa shape index (κ1) is 35.3. The van der Waals surface area contributed by atoms with Gasteiger partial charge in [0.2, 0.25) is 0 Å². The highest BCUT2D eigenvalue weighted by Gasteiger charge is 2.57. The number of ether oxygens (including phenoxy) is 2. The highest BCUT2D eigenvalue weighted by molar-refractivity contribution is 5.66. The Bertz CT molecular complexity index is 1110. The second-order valence-corrected chi connectivity index (χ2v) is 15.6. The Hall–Kier alpha value is -1.55. The molecule has 1 heterocycles.